The van der Waals surface area contributed by atoms with Gasteiger partial charge in [-0.2, -0.15) is 0 Å². The molecular weight excluding hydrogens is 648 g/mol. The lowest BCUT2D eigenvalue weighted by atomic mass is 9.85. The molecular formula is C46H31ClN2S. The van der Waals surface area contributed by atoms with E-state index in [0.717, 1.165) is 29.1 Å². The third-order valence-electron chi connectivity index (χ3n) is 10.4. The average Bonchev–Trinajstić information content (AvgIpc) is 3.55. The van der Waals surface area contributed by atoms with Crippen molar-refractivity contribution in [1.82, 2.24) is 5.32 Å². The Labute approximate surface area is 299 Å². The minimum absolute atomic E-state index is 0.111. The van der Waals surface area contributed by atoms with Crippen molar-refractivity contribution in [3.8, 4) is 0 Å². The Bertz CT molecular complexity index is 2910. The van der Waals surface area contributed by atoms with Crippen molar-refractivity contribution in [3.63, 3.8) is 0 Å². The molecule has 8 aromatic carbocycles. The van der Waals surface area contributed by atoms with Gasteiger partial charge in [0, 0.05) is 36.3 Å². The Hall–Kier alpha value is -5.48. The number of thiophene rings is 1. The molecule has 50 heavy (non-hydrogen) atoms. The van der Waals surface area contributed by atoms with E-state index in [-0.39, 0.29) is 6.04 Å². The van der Waals surface area contributed by atoms with Crippen molar-refractivity contribution in [1.29, 1.82) is 0 Å². The number of nitrogens with zero attached hydrogens (tertiary/aromatic N) is 1. The number of rotatable bonds is 4. The van der Waals surface area contributed by atoms with Crippen LogP contribution < -0.4 is 5.32 Å². The normalized spacial score (nSPS) is 15.1. The molecule has 0 saturated carbocycles. The van der Waals surface area contributed by atoms with E-state index >= 15 is 0 Å². The predicted octanol–water partition coefficient (Wildman–Crippen LogP) is 13.2. The van der Waals surface area contributed by atoms with Gasteiger partial charge in [0.2, 0.25) is 0 Å². The summed E-state index contributed by atoms with van der Waals surface area (Å²) < 4.78 is 2.43. The van der Waals surface area contributed by atoms with E-state index in [1.165, 1.54) is 74.4 Å². The van der Waals surface area contributed by atoms with Crippen LogP contribution in [0.4, 0.5) is 0 Å². The average molecular weight is 679 g/mol. The number of nitrogens with one attached hydrogen (secondary N) is 1. The molecule has 0 aliphatic carbocycles. The SMILES string of the molecule is CCC1=C(c2cccc3ccccc23)N=C(c2cc(Cl)cc3c2sc2ccc4ccccc4c23)NC1c1cc2ccccc2c2ccccc12. The molecule has 4 heteroatoms. The lowest BCUT2D eigenvalue weighted by molar-refractivity contribution is 0.712. The molecule has 1 aromatic heterocycles. The van der Waals surface area contributed by atoms with Gasteiger partial charge in [-0.25, -0.2) is 4.99 Å². The molecule has 0 saturated heterocycles. The molecule has 1 unspecified atom stereocenters. The molecule has 0 fully saturated rings. The number of fused-ring (bicyclic) bond motifs is 9. The van der Waals surface area contributed by atoms with Crippen LogP contribution in [0.3, 0.4) is 0 Å². The van der Waals surface area contributed by atoms with Crippen molar-refractivity contribution in [2.24, 2.45) is 4.99 Å². The molecule has 0 amide bonds. The topological polar surface area (TPSA) is 24.4 Å². The third kappa shape index (κ3) is 4.51. The maximum atomic E-state index is 7.05. The number of amidine groups is 1. The van der Waals surface area contributed by atoms with Crippen molar-refractivity contribution < 1.29 is 0 Å². The highest BCUT2D eigenvalue weighted by Crippen LogP contribution is 2.45. The van der Waals surface area contributed by atoms with Crippen molar-refractivity contribution in [2.75, 3.05) is 0 Å². The molecule has 10 rings (SSSR count). The monoisotopic (exact) mass is 678 g/mol. The smallest absolute Gasteiger partial charge is 0.136 e. The zero-order chi connectivity index (χ0) is 33.3. The molecule has 0 bridgehead atoms. The van der Waals surface area contributed by atoms with Crippen molar-refractivity contribution >= 4 is 97.7 Å². The summed E-state index contributed by atoms with van der Waals surface area (Å²) in [6.45, 7) is 2.26. The van der Waals surface area contributed by atoms with Crippen molar-refractivity contribution in [2.45, 2.75) is 19.4 Å². The van der Waals surface area contributed by atoms with Gasteiger partial charge >= 0.3 is 0 Å². The maximum Gasteiger partial charge on any atom is 0.136 e. The second-order valence-electron chi connectivity index (χ2n) is 13.1. The highest BCUT2D eigenvalue weighted by molar-refractivity contribution is 7.26. The maximum absolute atomic E-state index is 7.05. The first-order chi connectivity index (χ1) is 24.7. The quantitative estimate of drug-likeness (QED) is 0.184. The number of hydrogen-bond donors (Lipinski definition) is 1. The summed E-state index contributed by atoms with van der Waals surface area (Å²) in [5.74, 6) is 0.843. The largest absolute Gasteiger partial charge is 0.359 e. The van der Waals surface area contributed by atoms with Gasteiger partial charge in [-0.1, -0.05) is 140 Å². The Morgan fingerprint density at radius 3 is 2.06 bits per heavy atom. The van der Waals surface area contributed by atoms with E-state index in [0.29, 0.717) is 5.02 Å². The molecule has 1 aliphatic rings. The lowest BCUT2D eigenvalue weighted by Crippen LogP contribution is -2.34. The van der Waals surface area contributed by atoms with Crippen LogP contribution in [0.1, 0.15) is 36.1 Å². The van der Waals surface area contributed by atoms with Gasteiger partial charge in [0.25, 0.3) is 0 Å². The number of halogens is 1. The second-order valence-corrected chi connectivity index (χ2v) is 14.6. The van der Waals surface area contributed by atoms with Gasteiger partial charge in [-0.05, 0) is 84.9 Å². The Morgan fingerprint density at radius 2 is 1.26 bits per heavy atom. The van der Waals surface area contributed by atoms with Gasteiger partial charge in [-0.15, -0.1) is 11.3 Å². The van der Waals surface area contributed by atoms with Crippen molar-refractivity contribution in [3.05, 3.63) is 173 Å². The molecule has 2 nitrogen and oxygen atoms in total. The number of benzene rings is 8. The van der Waals surface area contributed by atoms with Gasteiger partial charge in [-0.3, -0.25) is 0 Å². The van der Waals surface area contributed by atoms with Gasteiger partial charge in [0.05, 0.1) is 11.7 Å². The Balaban J connectivity index is 1.29. The Kier molecular flexibility index (Phi) is 6.80. The summed E-state index contributed by atoms with van der Waals surface area (Å²) in [7, 11) is 0. The zero-order valence-corrected chi connectivity index (χ0v) is 28.9. The van der Waals surface area contributed by atoms with Crippen LogP contribution in [0.25, 0.3) is 69.0 Å². The standard InChI is InChI=1S/C46H31ClN2S/c1-2-31-43(37-21-11-15-27-12-3-6-16-32(27)37)48-46(49-44(31)38-24-29-14-5-7-17-33(29)35-19-9-10-20-36(35)38)40-26-30(47)25-39-42-34-18-8-4-13-28(34)22-23-41(42)50-45(39)40/h3-26,44H,2H2,1H3,(H,48,49). The van der Waals surface area contributed by atoms with Gasteiger partial charge in [0.1, 0.15) is 5.84 Å². The van der Waals surface area contributed by atoms with E-state index in [1.807, 2.05) is 11.3 Å². The second kappa shape index (κ2) is 11.6. The zero-order valence-electron chi connectivity index (χ0n) is 27.4. The first-order valence-electron chi connectivity index (χ1n) is 17.2. The van der Waals surface area contributed by atoms with Crippen LogP contribution in [0.2, 0.25) is 5.02 Å². The summed E-state index contributed by atoms with van der Waals surface area (Å²) >= 11 is 8.86. The molecule has 1 aliphatic heterocycles. The summed E-state index contributed by atoms with van der Waals surface area (Å²) in [4.78, 5) is 5.60. The first-order valence-corrected chi connectivity index (χ1v) is 18.4. The molecule has 2 heterocycles. The molecule has 1 N–H and O–H groups in total. The molecule has 238 valence electrons. The van der Waals surface area contributed by atoms with E-state index in [2.05, 4.69) is 158 Å². The fourth-order valence-corrected chi connectivity index (χ4v) is 9.56. The predicted molar refractivity (Wildman–Crippen MR) is 217 cm³/mol. The van der Waals surface area contributed by atoms with Crippen LogP contribution in [-0.4, -0.2) is 5.84 Å². The molecule has 0 spiro atoms. The highest BCUT2D eigenvalue weighted by atomic mass is 35.5. The minimum Gasteiger partial charge on any atom is -0.359 e. The first kappa shape index (κ1) is 29.4. The number of hydrogen-bond acceptors (Lipinski definition) is 3. The molecule has 1 atom stereocenters. The minimum atomic E-state index is -0.111. The summed E-state index contributed by atoms with van der Waals surface area (Å²) in [5.41, 5.74) is 5.73. The molecule has 9 aromatic rings. The number of aliphatic imine (C=N–C) groups is 1. The highest BCUT2D eigenvalue weighted by Gasteiger charge is 2.30. The summed E-state index contributed by atoms with van der Waals surface area (Å²) in [6.07, 6.45) is 0.841. The fourth-order valence-electron chi connectivity index (χ4n) is 8.13. The van der Waals surface area contributed by atoms with Crippen LogP contribution >= 0.6 is 22.9 Å². The van der Waals surface area contributed by atoms with E-state index < -0.39 is 0 Å². The lowest BCUT2D eigenvalue weighted by Gasteiger charge is -2.32. The van der Waals surface area contributed by atoms with Gasteiger partial charge in [0.15, 0.2) is 0 Å². The van der Waals surface area contributed by atoms with E-state index in [1.54, 1.807) is 0 Å². The van der Waals surface area contributed by atoms with E-state index in [9.17, 15) is 0 Å². The van der Waals surface area contributed by atoms with Crippen LogP contribution in [0.15, 0.2) is 156 Å². The van der Waals surface area contributed by atoms with E-state index in [4.69, 9.17) is 16.6 Å². The molecule has 0 radical (unpaired) electrons. The third-order valence-corrected chi connectivity index (χ3v) is 11.8. The summed E-state index contributed by atoms with van der Waals surface area (Å²) in [5, 5.41) is 17.0. The van der Waals surface area contributed by atoms with Crippen LogP contribution in [0, 0.1) is 0 Å². The fraction of sp³-hybridized carbons (Fsp3) is 0.0652. The Morgan fingerprint density at radius 1 is 0.600 bits per heavy atom. The van der Waals surface area contributed by atoms with Crippen LogP contribution in [-0.2, 0) is 0 Å². The summed E-state index contributed by atoms with van der Waals surface area (Å²) in [6, 6.07) is 52.3. The van der Waals surface area contributed by atoms with Crippen LogP contribution in [0.5, 0.6) is 0 Å². The van der Waals surface area contributed by atoms with Gasteiger partial charge < -0.3 is 5.32 Å².